The van der Waals surface area contributed by atoms with Gasteiger partial charge in [-0.15, -0.1) is 0 Å². The summed E-state index contributed by atoms with van der Waals surface area (Å²) in [4.78, 5) is 17.6. The van der Waals surface area contributed by atoms with Gasteiger partial charge >= 0.3 is 0 Å². The van der Waals surface area contributed by atoms with Crippen molar-refractivity contribution in [1.29, 1.82) is 0 Å². The molecule has 3 aromatic rings. The van der Waals surface area contributed by atoms with E-state index in [1.54, 1.807) is 0 Å². The SMILES string of the molecule is CC[C@](O)(c1cc2n(c(=O)c1CO)Cc1cc3ccccc3nc1-2)C([O-])O. The largest absolute Gasteiger partial charge is 0.829 e. The molecule has 0 spiro atoms. The number of benzene rings is 1. The molecule has 27 heavy (non-hydrogen) atoms. The fourth-order valence-corrected chi connectivity index (χ4v) is 3.75. The minimum atomic E-state index is -2.35. The van der Waals surface area contributed by atoms with Crippen LogP contribution in [-0.2, 0) is 18.8 Å². The van der Waals surface area contributed by atoms with Crippen LogP contribution in [0.25, 0.3) is 22.3 Å². The molecule has 0 fully saturated rings. The molecule has 0 bridgehead atoms. The van der Waals surface area contributed by atoms with Crippen molar-refractivity contribution < 1.29 is 20.4 Å². The summed E-state index contributed by atoms with van der Waals surface area (Å²) in [6, 6.07) is 11.0. The Hall–Kier alpha value is -2.58. The lowest BCUT2D eigenvalue weighted by Gasteiger charge is -2.37. The summed E-state index contributed by atoms with van der Waals surface area (Å²) in [5.74, 6) is 0. The van der Waals surface area contributed by atoms with E-state index in [0.717, 1.165) is 16.5 Å². The van der Waals surface area contributed by atoms with Gasteiger partial charge in [-0.05, 0) is 30.2 Å². The van der Waals surface area contributed by atoms with E-state index < -0.39 is 24.1 Å². The minimum absolute atomic E-state index is 0.0472. The van der Waals surface area contributed by atoms with E-state index in [0.29, 0.717) is 17.9 Å². The number of aliphatic hydroxyl groups excluding tert-OH is 2. The van der Waals surface area contributed by atoms with E-state index in [-0.39, 0.29) is 17.5 Å². The zero-order valence-corrected chi connectivity index (χ0v) is 14.7. The van der Waals surface area contributed by atoms with Crippen molar-refractivity contribution in [2.24, 2.45) is 0 Å². The highest BCUT2D eigenvalue weighted by Crippen LogP contribution is 2.36. The van der Waals surface area contributed by atoms with E-state index in [1.807, 2.05) is 30.3 Å². The van der Waals surface area contributed by atoms with E-state index in [4.69, 9.17) is 0 Å². The molecule has 0 amide bonds. The van der Waals surface area contributed by atoms with E-state index in [2.05, 4.69) is 4.98 Å². The normalized spacial score (nSPS) is 16.0. The van der Waals surface area contributed by atoms with Crippen molar-refractivity contribution in [1.82, 2.24) is 9.55 Å². The lowest BCUT2D eigenvalue weighted by atomic mass is 9.87. The first-order valence-electron chi connectivity index (χ1n) is 8.74. The molecule has 0 saturated heterocycles. The number of fused-ring (bicyclic) bond motifs is 4. The molecule has 3 N–H and O–H groups in total. The van der Waals surface area contributed by atoms with E-state index >= 15 is 0 Å². The Kier molecular flexibility index (Phi) is 4.12. The number of hydrogen-bond acceptors (Lipinski definition) is 6. The average Bonchev–Trinajstić information content (AvgIpc) is 3.03. The number of rotatable bonds is 4. The number of pyridine rings is 2. The summed E-state index contributed by atoms with van der Waals surface area (Å²) in [7, 11) is 0. The standard InChI is InChI=1S/C20H19N2O5/c1-2-20(27,19(25)26)14-8-16-17-12(9-22(16)18(24)13(14)10-23)7-11-5-3-4-6-15(11)21-17/h3-8,19,23,25,27H,2,9-10H2,1H3/q-1/t19?,20-/m0/s1. The van der Waals surface area contributed by atoms with Crippen molar-refractivity contribution in [3.05, 3.63) is 63.4 Å². The van der Waals surface area contributed by atoms with Gasteiger partial charge in [-0.25, -0.2) is 4.98 Å². The maximum atomic E-state index is 12.9. The molecule has 0 aliphatic carbocycles. The van der Waals surface area contributed by atoms with Crippen LogP contribution in [0.1, 0.15) is 30.0 Å². The molecule has 7 nitrogen and oxygen atoms in total. The fraction of sp³-hybridized carbons (Fsp3) is 0.300. The van der Waals surface area contributed by atoms with Gasteiger partial charge in [0.15, 0.2) is 0 Å². The highest BCUT2D eigenvalue weighted by molar-refractivity contribution is 5.84. The first-order valence-corrected chi connectivity index (χ1v) is 8.74. The number of para-hydroxylation sites is 1. The van der Waals surface area contributed by atoms with Crippen molar-refractivity contribution >= 4 is 10.9 Å². The lowest BCUT2D eigenvalue weighted by Crippen LogP contribution is -2.49. The molecule has 1 aliphatic heterocycles. The second kappa shape index (κ2) is 6.24. The van der Waals surface area contributed by atoms with Crippen molar-refractivity contribution in [2.75, 3.05) is 0 Å². The summed E-state index contributed by atoms with van der Waals surface area (Å²) in [6.45, 7) is 1.18. The quantitative estimate of drug-likeness (QED) is 0.443. The smallest absolute Gasteiger partial charge is 0.257 e. The van der Waals surface area contributed by atoms with Gasteiger partial charge in [-0.2, -0.15) is 0 Å². The Balaban J connectivity index is 2.02. The van der Waals surface area contributed by atoms with E-state index in [1.165, 1.54) is 17.6 Å². The molecule has 1 unspecified atom stereocenters. The van der Waals surface area contributed by atoms with Crippen LogP contribution in [0.4, 0.5) is 0 Å². The van der Waals surface area contributed by atoms with Crippen LogP contribution in [0.15, 0.2) is 41.2 Å². The Morgan fingerprint density at radius 3 is 2.74 bits per heavy atom. The van der Waals surface area contributed by atoms with Crippen molar-refractivity contribution in [3.63, 3.8) is 0 Å². The summed E-state index contributed by atoms with van der Waals surface area (Å²) in [6.07, 6.45) is -2.45. The summed E-state index contributed by atoms with van der Waals surface area (Å²) >= 11 is 0. The van der Waals surface area contributed by atoms with Gasteiger partial charge < -0.3 is 25.0 Å². The van der Waals surface area contributed by atoms with E-state index in [9.17, 15) is 25.2 Å². The van der Waals surface area contributed by atoms with Gasteiger partial charge in [-0.1, -0.05) is 25.1 Å². The molecule has 0 saturated carbocycles. The molecule has 0 radical (unpaired) electrons. The Labute approximate surface area is 154 Å². The third-order valence-electron chi connectivity index (χ3n) is 5.35. The molecule has 7 heteroatoms. The molecule has 2 atom stereocenters. The molecular weight excluding hydrogens is 348 g/mol. The zero-order valence-electron chi connectivity index (χ0n) is 14.7. The van der Waals surface area contributed by atoms with Gasteiger partial charge in [0, 0.05) is 22.8 Å². The fourth-order valence-electron chi connectivity index (χ4n) is 3.75. The maximum Gasteiger partial charge on any atom is 0.257 e. The van der Waals surface area contributed by atoms with Crippen molar-refractivity contribution in [3.8, 4) is 11.4 Å². The van der Waals surface area contributed by atoms with Crippen LogP contribution >= 0.6 is 0 Å². The highest BCUT2D eigenvalue weighted by Gasteiger charge is 2.35. The van der Waals surface area contributed by atoms with Gasteiger partial charge in [0.25, 0.3) is 5.56 Å². The third-order valence-corrected chi connectivity index (χ3v) is 5.35. The lowest BCUT2D eigenvalue weighted by molar-refractivity contribution is -0.520. The van der Waals surface area contributed by atoms with Crippen LogP contribution in [0.5, 0.6) is 0 Å². The number of hydrogen-bond donors (Lipinski definition) is 3. The molecular formula is C20H19N2O5-. The van der Waals surface area contributed by atoms with Gasteiger partial charge in [-0.3, -0.25) is 4.79 Å². The maximum absolute atomic E-state index is 12.9. The van der Waals surface area contributed by atoms with Gasteiger partial charge in [0.2, 0.25) is 0 Å². The Bertz CT molecular complexity index is 1110. The van der Waals surface area contributed by atoms with Crippen LogP contribution in [0.3, 0.4) is 0 Å². The number of aromatic nitrogens is 2. The van der Waals surface area contributed by atoms with Crippen LogP contribution in [0, 0.1) is 0 Å². The molecule has 4 rings (SSSR count). The third kappa shape index (κ3) is 2.51. The average molecular weight is 367 g/mol. The zero-order chi connectivity index (χ0) is 19.3. The van der Waals surface area contributed by atoms with Gasteiger partial charge in [0.05, 0.1) is 30.1 Å². The first-order chi connectivity index (χ1) is 12.9. The molecule has 140 valence electrons. The highest BCUT2D eigenvalue weighted by atomic mass is 16.5. The molecule has 1 aromatic carbocycles. The number of nitrogens with zero attached hydrogens (tertiary/aromatic N) is 2. The summed E-state index contributed by atoms with van der Waals surface area (Å²) in [5.41, 5.74) is -0.152. The Morgan fingerprint density at radius 1 is 1.33 bits per heavy atom. The molecule has 3 heterocycles. The first kappa shape index (κ1) is 17.8. The minimum Gasteiger partial charge on any atom is -0.829 e. The topological polar surface area (TPSA) is 119 Å². The predicted molar refractivity (Wildman–Crippen MR) is 96.7 cm³/mol. The monoisotopic (exact) mass is 367 g/mol. The van der Waals surface area contributed by atoms with Crippen LogP contribution < -0.4 is 10.7 Å². The number of aliphatic hydroxyl groups is 3. The second-order valence-electron chi connectivity index (χ2n) is 6.79. The molecule has 2 aromatic heterocycles. The second-order valence-corrected chi connectivity index (χ2v) is 6.79. The Morgan fingerprint density at radius 2 is 2.07 bits per heavy atom. The van der Waals surface area contributed by atoms with Gasteiger partial charge in [0.1, 0.15) is 5.60 Å². The van der Waals surface area contributed by atoms with Crippen molar-refractivity contribution in [2.45, 2.75) is 38.4 Å². The molecule has 1 aliphatic rings. The van der Waals surface area contributed by atoms with Crippen LogP contribution in [-0.4, -0.2) is 31.2 Å². The summed E-state index contributed by atoms with van der Waals surface area (Å²) < 4.78 is 1.47. The predicted octanol–water partition coefficient (Wildman–Crippen LogP) is 0.194. The van der Waals surface area contributed by atoms with Crippen LogP contribution in [0.2, 0.25) is 0 Å². The summed E-state index contributed by atoms with van der Waals surface area (Å²) in [5, 5.41) is 42.8.